The number of rotatable bonds is 7. The predicted octanol–water partition coefficient (Wildman–Crippen LogP) is 2.36. The highest BCUT2D eigenvalue weighted by atomic mass is 32.2. The molecule has 1 amide bonds. The van der Waals surface area contributed by atoms with Crippen LogP contribution in [0.3, 0.4) is 0 Å². The number of sulfonamides is 1. The van der Waals surface area contributed by atoms with Crippen molar-refractivity contribution >= 4 is 15.9 Å². The van der Waals surface area contributed by atoms with E-state index in [1.807, 2.05) is 20.8 Å². The molecule has 1 saturated heterocycles. The third-order valence-corrected chi connectivity index (χ3v) is 6.63. The molecular weight excluding hydrogens is 340 g/mol. The summed E-state index contributed by atoms with van der Waals surface area (Å²) in [6, 6.07) is 6.12. The summed E-state index contributed by atoms with van der Waals surface area (Å²) in [5.41, 5.74) is 0.387. The Labute approximate surface area is 150 Å². The Balaban J connectivity index is 2.23. The Morgan fingerprint density at radius 2 is 2.08 bits per heavy atom. The van der Waals surface area contributed by atoms with Crippen LogP contribution in [0.1, 0.15) is 44.0 Å². The Morgan fingerprint density at radius 1 is 1.36 bits per heavy atom. The molecule has 0 aromatic heterocycles. The van der Waals surface area contributed by atoms with Gasteiger partial charge in [0.2, 0.25) is 10.0 Å². The van der Waals surface area contributed by atoms with Crippen molar-refractivity contribution in [3.05, 3.63) is 29.8 Å². The van der Waals surface area contributed by atoms with Crippen molar-refractivity contribution < 1.29 is 17.9 Å². The smallest absolute Gasteiger partial charge is 0.253 e. The summed E-state index contributed by atoms with van der Waals surface area (Å²) in [5.74, 6) is -0.165. The summed E-state index contributed by atoms with van der Waals surface area (Å²) in [6.45, 7) is 7.38. The van der Waals surface area contributed by atoms with Gasteiger partial charge in [0.05, 0.1) is 11.0 Å². The molecule has 1 fully saturated rings. The number of ether oxygens (including phenoxy) is 1. The van der Waals surface area contributed by atoms with Crippen LogP contribution in [0, 0.1) is 0 Å². The van der Waals surface area contributed by atoms with E-state index < -0.39 is 10.0 Å². The zero-order valence-corrected chi connectivity index (χ0v) is 16.3. The first-order chi connectivity index (χ1) is 11.8. The quantitative estimate of drug-likeness (QED) is 0.741. The average Bonchev–Trinajstić information content (AvgIpc) is 3.11. The van der Waals surface area contributed by atoms with Gasteiger partial charge in [-0.3, -0.25) is 4.79 Å². The summed E-state index contributed by atoms with van der Waals surface area (Å²) >= 11 is 0. The number of carbonyl (C=O) groups excluding carboxylic acids is 1. The van der Waals surface area contributed by atoms with Gasteiger partial charge in [-0.15, -0.1) is 0 Å². The van der Waals surface area contributed by atoms with E-state index in [1.54, 1.807) is 24.1 Å². The van der Waals surface area contributed by atoms with Crippen LogP contribution in [-0.2, 0) is 14.8 Å². The highest BCUT2D eigenvalue weighted by molar-refractivity contribution is 7.89. The van der Waals surface area contributed by atoms with Crippen molar-refractivity contribution in [1.29, 1.82) is 0 Å². The lowest BCUT2D eigenvalue weighted by molar-refractivity contribution is 0.0539. The number of nitrogens with zero attached hydrogens (tertiary/aromatic N) is 2. The maximum atomic E-state index is 12.8. The lowest BCUT2D eigenvalue weighted by atomic mass is 10.1. The van der Waals surface area contributed by atoms with Crippen LogP contribution in [0.25, 0.3) is 0 Å². The van der Waals surface area contributed by atoms with Crippen LogP contribution in [0.5, 0.6) is 0 Å². The van der Waals surface area contributed by atoms with Gasteiger partial charge in [-0.1, -0.05) is 6.07 Å². The van der Waals surface area contributed by atoms with E-state index in [4.69, 9.17) is 4.74 Å². The highest BCUT2D eigenvalue weighted by Crippen LogP contribution is 2.20. The molecule has 0 unspecified atom stereocenters. The highest BCUT2D eigenvalue weighted by Gasteiger charge is 2.26. The summed E-state index contributed by atoms with van der Waals surface area (Å²) in [4.78, 5) is 14.7. The first-order valence-corrected chi connectivity index (χ1v) is 10.2. The van der Waals surface area contributed by atoms with E-state index >= 15 is 0 Å². The molecule has 0 saturated carbocycles. The molecule has 1 aromatic carbocycles. The summed E-state index contributed by atoms with van der Waals surface area (Å²) < 4.78 is 32.2. The molecule has 0 aliphatic carbocycles. The second kappa shape index (κ2) is 8.29. The van der Waals surface area contributed by atoms with Gasteiger partial charge in [-0.05, 0) is 51.8 Å². The van der Waals surface area contributed by atoms with Gasteiger partial charge >= 0.3 is 0 Å². The Bertz CT molecular complexity index is 697. The minimum atomic E-state index is -3.61. The van der Waals surface area contributed by atoms with E-state index in [0.717, 1.165) is 19.4 Å². The molecule has 0 N–H and O–H groups in total. The SMILES string of the molecule is CCN(C[C@@H]1CCCO1)C(=O)c1cccc(S(=O)(=O)N(C)C(C)C)c1. The number of likely N-dealkylation sites (N-methyl/N-ethyl adjacent to an activating group) is 1. The molecule has 25 heavy (non-hydrogen) atoms. The molecule has 140 valence electrons. The van der Waals surface area contributed by atoms with Gasteiger partial charge in [0.15, 0.2) is 0 Å². The number of hydrogen-bond donors (Lipinski definition) is 0. The molecule has 1 heterocycles. The van der Waals surface area contributed by atoms with E-state index in [9.17, 15) is 13.2 Å². The monoisotopic (exact) mass is 368 g/mol. The Kier molecular flexibility index (Phi) is 6.59. The number of amides is 1. The van der Waals surface area contributed by atoms with Gasteiger partial charge in [0.1, 0.15) is 0 Å². The van der Waals surface area contributed by atoms with Crippen molar-refractivity contribution in [2.24, 2.45) is 0 Å². The van der Waals surface area contributed by atoms with Crippen LogP contribution in [0.15, 0.2) is 29.2 Å². The molecule has 0 bridgehead atoms. The molecule has 1 aromatic rings. The summed E-state index contributed by atoms with van der Waals surface area (Å²) in [7, 11) is -2.07. The largest absolute Gasteiger partial charge is 0.376 e. The van der Waals surface area contributed by atoms with E-state index in [0.29, 0.717) is 18.7 Å². The van der Waals surface area contributed by atoms with Crippen molar-refractivity contribution in [2.45, 2.75) is 50.7 Å². The fourth-order valence-electron chi connectivity index (χ4n) is 2.81. The summed E-state index contributed by atoms with van der Waals surface area (Å²) in [5, 5.41) is 0. The fraction of sp³-hybridized carbons (Fsp3) is 0.611. The number of carbonyl (C=O) groups is 1. The fourth-order valence-corrected chi connectivity index (χ4v) is 4.22. The molecule has 1 aliphatic rings. The van der Waals surface area contributed by atoms with Gasteiger partial charge in [0.25, 0.3) is 5.91 Å². The molecule has 7 heteroatoms. The van der Waals surface area contributed by atoms with E-state index in [-0.39, 0.29) is 22.9 Å². The van der Waals surface area contributed by atoms with Crippen molar-refractivity contribution in [1.82, 2.24) is 9.21 Å². The molecule has 1 aliphatic heterocycles. The maximum Gasteiger partial charge on any atom is 0.253 e. The third kappa shape index (κ3) is 4.59. The normalized spacial score (nSPS) is 18.1. The molecular formula is C18H28N2O4S. The lowest BCUT2D eigenvalue weighted by Gasteiger charge is -2.25. The average molecular weight is 368 g/mol. The van der Waals surface area contributed by atoms with Crippen LogP contribution >= 0.6 is 0 Å². The van der Waals surface area contributed by atoms with E-state index in [1.165, 1.54) is 16.4 Å². The van der Waals surface area contributed by atoms with Crippen molar-refractivity contribution in [3.8, 4) is 0 Å². The maximum absolute atomic E-state index is 12.8. The molecule has 0 spiro atoms. The zero-order chi connectivity index (χ0) is 18.6. The Hall–Kier alpha value is -1.44. The van der Waals surface area contributed by atoms with Crippen molar-refractivity contribution in [3.63, 3.8) is 0 Å². The summed E-state index contributed by atoms with van der Waals surface area (Å²) in [6.07, 6.45) is 2.05. The van der Waals surface area contributed by atoms with E-state index in [2.05, 4.69) is 0 Å². The lowest BCUT2D eigenvalue weighted by Crippen LogP contribution is -2.37. The first-order valence-electron chi connectivity index (χ1n) is 8.76. The molecule has 6 nitrogen and oxygen atoms in total. The molecule has 0 radical (unpaired) electrons. The number of hydrogen-bond acceptors (Lipinski definition) is 4. The third-order valence-electron chi connectivity index (χ3n) is 4.60. The van der Waals surface area contributed by atoms with Gasteiger partial charge in [-0.25, -0.2) is 8.42 Å². The van der Waals surface area contributed by atoms with Crippen LogP contribution in [-0.4, -0.2) is 62.4 Å². The predicted molar refractivity (Wildman–Crippen MR) is 97.1 cm³/mol. The minimum Gasteiger partial charge on any atom is -0.376 e. The van der Waals surface area contributed by atoms with Crippen LogP contribution < -0.4 is 0 Å². The molecule has 2 rings (SSSR count). The zero-order valence-electron chi connectivity index (χ0n) is 15.4. The van der Waals surface area contributed by atoms with Gasteiger partial charge < -0.3 is 9.64 Å². The van der Waals surface area contributed by atoms with Crippen LogP contribution in [0.2, 0.25) is 0 Å². The topological polar surface area (TPSA) is 66.9 Å². The standard InChI is InChI=1S/C18H28N2O4S/c1-5-20(13-16-9-7-11-24-16)18(21)15-8-6-10-17(12-15)25(22,23)19(4)14(2)3/h6,8,10,12,14,16H,5,7,9,11,13H2,1-4H3/t16-/m0/s1. The minimum absolute atomic E-state index is 0.0721. The Morgan fingerprint density at radius 3 is 2.64 bits per heavy atom. The van der Waals surface area contributed by atoms with Crippen molar-refractivity contribution in [2.75, 3.05) is 26.7 Å². The van der Waals surface area contributed by atoms with Gasteiger partial charge in [-0.2, -0.15) is 4.31 Å². The first kappa shape index (κ1) is 19.9. The van der Waals surface area contributed by atoms with Gasteiger partial charge in [0, 0.05) is 38.3 Å². The van der Waals surface area contributed by atoms with Crippen LogP contribution in [0.4, 0.5) is 0 Å². The second-order valence-electron chi connectivity index (χ2n) is 6.62. The molecule has 1 atom stereocenters. The second-order valence-corrected chi connectivity index (χ2v) is 8.62. The number of benzene rings is 1.